The Hall–Kier alpha value is -3.85. The lowest BCUT2D eigenvalue weighted by Crippen LogP contribution is -2.65. The summed E-state index contributed by atoms with van der Waals surface area (Å²) in [5.74, 6) is -1.48. The van der Waals surface area contributed by atoms with Gasteiger partial charge < -0.3 is 14.9 Å². The predicted octanol–water partition coefficient (Wildman–Crippen LogP) is 4.93. The van der Waals surface area contributed by atoms with Crippen LogP contribution in [-0.2, 0) is 4.74 Å². The molecule has 3 aromatic carbocycles. The Morgan fingerprint density at radius 2 is 1.33 bits per heavy atom. The molecule has 2 atom stereocenters. The molecule has 2 heterocycles. The average Bonchev–Trinajstić information content (AvgIpc) is 3.22. The normalized spacial score (nSPS) is 19.8. The molecule has 2 unspecified atom stereocenters. The van der Waals surface area contributed by atoms with Gasteiger partial charge in [-0.25, -0.2) is 4.79 Å². The number of fused-ring (bicyclic) bond motifs is 1. The Labute approximate surface area is 246 Å². The second-order valence-corrected chi connectivity index (χ2v) is 12.5. The molecule has 0 aliphatic carbocycles. The molecule has 2 aliphatic rings. The van der Waals surface area contributed by atoms with E-state index in [1.54, 1.807) is 24.3 Å². The number of carbonyl (C=O) groups excluding carboxylic acids is 3. The molecule has 2 aliphatic heterocycles. The molecule has 8 nitrogen and oxygen atoms in total. The summed E-state index contributed by atoms with van der Waals surface area (Å²) < 4.78 is 5.31. The van der Waals surface area contributed by atoms with Crippen LogP contribution in [0.1, 0.15) is 94.9 Å². The summed E-state index contributed by atoms with van der Waals surface area (Å²) in [5, 5.41) is 21.3. The minimum Gasteiger partial charge on any atom is -0.459 e. The molecule has 2 N–H and O–H groups in total. The fourth-order valence-electron chi connectivity index (χ4n) is 6.62. The number of amides is 2. The van der Waals surface area contributed by atoms with Gasteiger partial charge in [-0.2, -0.15) is 0 Å². The standard InChI is InChI=1S/C34H38N2O6/c1-33(2)18-25(19-34(3,4)35(33)20-28(37)22-11-7-5-8-12-22)36-30(39)26-16-15-24(17-27(26)31(36)40)32(41)42-21-29(38)23-13-9-6-10-14-23/h5-17,25,28-29,37-38H,18-21H2,1-4H3. The van der Waals surface area contributed by atoms with Crippen molar-refractivity contribution in [3.05, 3.63) is 107 Å². The zero-order valence-corrected chi connectivity index (χ0v) is 24.5. The van der Waals surface area contributed by atoms with Gasteiger partial charge >= 0.3 is 5.97 Å². The second kappa shape index (κ2) is 11.4. The number of β-amino-alcohol motifs (C(OH)–C–C–N with tert-alkyl or cyclic N) is 1. The molecular formula is C34H38N2O6. The summed E-state index contributed by atoms with van der Waals surface area (Å²) in [6.07, 6.45) is -0.576. The Morgan fingerprint density at radius 1 is 0.810 bits per heavy atom. The molecule has 0 spiro atoms. The number of hydrogen-bond donors (Lipinski definition) is 2. The second-order valence-electron chi connectivity index (χ2n) is 12.5. The van der Waals surface area contributed by atoms with Gasteiger partial charge in [0.1, 0.15) is 12.7 Å². The van der Waals surface area contributed by atoms with Crippen molar-refractivity contribution >= 4 is 17.8 Å². The number of carbonyl (C=O) groups is 3. The molecule has 220 valence electrons. The molecule has 1 fully saturated rings. The van der Waals surface area contributed by atoms with Crippen LogP contribution in [0.2, 0.25) is 0 Å². The zero-order chi connectivity index (χ0) is 30.2. The van der Waals surface area contributed by atoms with Gasteiger partial charge in [-0.05, 0) is 69.9 Å². The van der Waals surface area contributed by atoms with Gasteiger partial charge in [-0.3, -0.25) is 19.4 Å². The maximum absolute atomic E-state index is 13.7. The van der Waals surface area contributed by atoms with Crippen LogP contribution in [0.4, 0.5) is 0 Å². The van der Waals surface area contributed by atoms with Crippen LogP contribution in [0.15, 0.2) is 78.9 Å². The highest BCUT2D eigenvalue weighted by Crippen LogP contribution is 2.43. The molecule has 0 radical (unpaired) electrons. The van der Waals surface area contributed by atoms with Crippen molar-refractivity contribution in [1.82, 2.24) is 9.80 Å². The fraction of sp³-hybridized carbons (Fsp3) is 0.382. The number of rotatable bonds is 8. The monoisotopic (exact) mass is 570 g/mol. The van der Waals surface area contributed by atoms with Crippen molar-refractivity contribution in [3.63, 3.8) is 0 Å². The van der Waals surface area contributed by atoms with E-state index in [-0.39, 0.29) is 35.2 Å². The largest absolute Gasteiger partial charge is 0.459 e. The lowest BCUT2D eigenvalue weighted by atomic mass is 9.76. The van der Waals surface area contributed by atoms with E-state index < -0.39 is 35.2 Å². The molecule has 42 heavy (non-hydrogen) atoms. The SMILES string of the molecule is CC1(C)CC(N2C(=O)c3ccc(C(=O)OCC(O)c4ccccc4)cc3C2=O)CC(C)(C)N1CC(O)c1ccccc1. The van der Waals surface area contributed by atoms with Crippen LogP contribution in [0, 0.1) is 0 Å². The number of piperidine rings is 1. The first-order valence-electron chi connectivity index (χ1n) is 14.3. The maximum atomic E-state index is 13.7. The third-order valence-electron chi connectivity index (χ3n) is 8.55. The maximum Gasteiger partial charge on any atom is 0.338 e. The number of hydrogen-bond acceptors (Lipinski definition) is 7. The first-order chi connectivity index (χ1) is 19.9. The van der Waals surface area contributed by atoms with Crippen LogP contribution in [-0.4, -0.2) is 68.1 Å². The zero-order valence-electron chi connectivity index (χ0n) is 24.5. The molecule has 0 bridgehead atoms. The summed E-state index contributed by atoms with van der Waals surface area (Å²) in [7, 11) is 0. The molecule has 2 amide bonds. The van der Waals surface area contributed by atoms with E-state index in [4.69, 9.17) is 4.74 Å². The number of ether oxygens (including phenoxy) is 1. The topological polar surface area (TPSA) is 107 Å². The highest BCUT2D eigenvalue weighted by Gasteiger charge is 2.51. The summed E-state index contributed by atoms with van der Waals surface area (Å²) in [5.41, 5.74) is 1.20. The lowest BCUT2D eigenvalue weighted by Gasteiger charge is -2.56. The smallest absolute Gasteiger partial charge is 0.338 e. The van der Waals surface area contributed by atoms with Crippen LogP contribution < -0.4 is 0 Å². The molecule has 0 aromatic heterocycles. The number of likely N-dealkylation sites (tertiary alicyclic amines) is 1. The quantitative estimate of drug-likeness (QED) is 0.292. The summed E-state index contributed by atoms with van der Waals surface area (Å²) in [4.78, 5) is 43.6. The minimum absolute atomic E-state index is 0.141. The third kappa shape index (κ3) is 5.75. The first kappa shape index (κ1) is 29.6. The minimum atomic E-state index is -0.977. The van der Waals surface area contributed by atoms with Gasteiger partial charge in [-0.15, -0.1) is 0 Å². The van der Waals surface area contributed by atoms with E-state index in [2.05, 4.69) is 32.6 Å². The molecule has 5 rings (SSSR count). The van der Waals surface area contributed by atoms with Crippen molar-refractivity contribution in [2.24, 2.45) is 0 Å². The van der Waals surface area contributed by atoms with Crippen molar-refractivity contribution in [1.29, 1.82) is 0 Å². The van der Waals surface area contributed by atoms with Gasteiger partial charge in [0.05, 0.1) is 22.8 Å². The predicted molar refractivity (Wildman–Crippen MR) is 158 cm³/mol. The van der Waals surface area contributed by atoms with Gasteiger partial charge in [0, 0.05) is 23.7 Å². The van der Waals surface area contributed by atoms with Gasteiger partial charge in [-0.1, -0.05) is 60.7 Å². The van der Waals surface area contributed by atoms with E-state index in [1.807, 2.05) is 36.4 Å². The van der Waals surface area contributed by atoms with Crippen LogP contribution in [0.25, 0.3) is 0 Å². The van der Waals surface area contributed by atoms with Crippen LogP contribution >= 0.6 is 0 Å². The first-order valence-corrected chi connectivity index (χ1v) is 14.3. The number of nitrogens with zero attached hydrogens (tertiary/aromatic N) is 2. The van der Waals surface area contributed by atoms with E-state index in [9.17, 15) is 24.6 Å². The summed E-state index contributed by atoms with van der Waals surface area (Å²) in [6.45, 7) is 8.50. The number of esters is 1. The van der Waals surface area contributed by atoms with Crippen LogP contribution in [0.5, 0.6) is 0 Å². The molecule has 0 saturated carbocycles. The third-order valence-corrected chi connectivity index (χ3v) is 8.55. The molecule has 1 saturated heterocycles. The molecule has 3 aromatic rings. The number of imide groups is 1. The Kier molecular flexibility index (Phi) is 8.07. The van der Waals surface area contributed by atoms with Crippen molar-refractivity contribution in [2.45, 2.75) is 69.9 Å². The number of benzene rings is 3. The van der Waals surface area contributed by atoms with E-state index in [0.29, 0.717) is 24.9 Å². The molecular weight excluding hydrogens is 532 g/mol. The number of aliphatic hydroxyl groups is 2. The highest BCUT2D eigenvalue weighted by molar-refractivity contribution is 6.22. The Bertz CT molecular complexity index is 1450. The van der Waals surface area contributed by atoms with Gasteiger partial charge in [0.25, 0.3) is 11.8 Å². The van der Waals surface area contributed by atoms with E-state index in [1.165, 1.54) is 23.1 Å². The average molecular weight is 571 g/mol. The highest BCUT2D eigenvalue weighted by atomic mass is 16.5. The van der Waals surface area contributed by atoms with Gasteiger partial charge in [0.15, 0.2) is 0 Å². The Balaban J connectivity index is 1.29. The lowest BCUT2D eigenvalue weighted by molar-refractivity contribution is -0.0758. The van der Waals surface area contributed by atoms with Gasteiger partial charge in [0.2, 0.25) is 0 Å². The molecule has 8 heteroatoms. The van der Waals surface area contributed by atoms with Crippen LogP contribution in [0.3, 0.4) is 0 Å². The fourth-order valence-corrected chi connectivity index (χ4v) is 6.62. The van der Waals surface area contributed by atoms with E-state index in [0.717, 1.165) is 5.56 Å². The van der Waals surface area contributed by atoms with Crippen molar-refractivity contribution in [3.8, 4) is 0 Å². The van der Waals surface area contributed by atoms with Crippen molar-refractivity contribution in [2.75, 3.05) is 13.2 Å². The number of aliphatic hydroxyl groups excluding tert-OH is 2. The van der Waals surface area contributed by atoms with Crippen molar-refractivity contribution < 1.29 is 29.3 Å². The summed E-state index contributed by atoms with van der Waals surface area (Å²) >= 11 is 0. The Morgan fingerprint density at radius 3 is 1.90 bits per heavy atom. The van der Waals surface area contributed by atoms with E-state index >= 15 is 0 Å². The summed E-state index contributed by atoms with van der Waals surface area (Å²) in [6, 6.07) is 22.5.